The number of Topliss-reactive ketones (excluding diaryl/α,β-unsaturated/α-hetero) is 1. The molecule has 0 radical (unpaired) electrons. The van der Waals surface area contributed by atoms with Crippen molar-refractivity contribution >= 4 is 23.1 Å². The predicted molar refractivity (Wildman–Crippen MR) is 114 cm³/mol. The van der Waals surface area contributed by atoms with Crippen molar-refractivity contribution in [2.75, 3.05) is 44.3 Å². The second kappa shape index (κ2) is 10.0. The monoisotopic (exact) mass is 393 g/mol. The molecule has 2 aromatic rings. The van der Waals surface area contributed by atoms with Gasteiger partial charge in [0.25, 0.3) is 5.91 Å². The molecule has 3 rings (SSSR count). The lowest BCUT2D eigenvalue weighted by molar-refractivity contribution is -0.120. The Morgan fingerprint density at radius 1 is 1.00 bits per heavy atom. The number of carbonyl (C=O) groups is 2. The molecule has 2 aromatic carbocycles. The van der Waals surface area contributed by atoms with Crippen LogP contribution in [0.25, 0.3) is 5.70 Å². The minimum atomic E-state index is -0.377. The molecule has 1 aliphatic rings. The van der Waals surface area contributed by atoms with Crippen molar-refractivity contribution in [2.45, 2.75) is 6.92 Å². The van der Waals surface area contributed by atoms with Gasteiger partial charge in [-0.2, -0.15) is 0 Å². The molecule has 0 saturated carbocycles. The van der Waals surface area contributed by atoms with Gasteiger partial charge in [-0.25, -0.2) is 0 Å². The number of ketones is 1. The second-order valence-electron chi connectivity index (χ2n) is 6.96. The van der Waals surface area contributed by atoms with Crippen LogP contribution in [0, 0.1) is 0 Å². The van der Waals surface area contributed by atoms with Crippen molar-refractivity contribution in [3.05, 3.63) is 71.8 Å². The Bertz CT molecular complexity index is 859. The zero-order valence-corrected chi connectivity index (χ0v) is 16.7. The highest BCUT2D eigenvalue weighted by atomic mass is 16.5. The first-order chi connectivity index (χ1) is 14.1. The van der Waals surface area contributed by atoms with Crippen LogP contribution in [0.4, 0.5) is 5.69 Å². The van der Waals surface area contributed by atoms with Crippen LogP contribution in [0.15, 0.2) is 66.2 Å². The van der Waals surface area contributed by atoms with Crippen molar-refractivity contribution in [1.29, 1.82) is 0 Å². The summed E-state index contributed by atoms with van der Waals surface area (Å²) >= 11 is 0. The van der Waals surface area contributed by atoms with E-state index in [1.54, 1.807) is 17.0 Å². The zero-order valence-electron chi connectivity index (χ0n) is 16.7. The van der Waals surface area contributed by atoms with E-state index in [4.69, 9.17) is 10.5 Å². The lowest BCUT2D eigenvalue weighted by Gasteiger charge is -2.30. The Labute approximate surface area is 171 Å². The van der Waals surface area contributed by atoms with Crippen molar-refractivity contribution in [2.24, 2.45) is 5.73 Å². The van der Waals surface area contributed by atoms with E-state index >= 15 is 0 Å². The Morgan fingerprint density at radius 3 is 2.17 bits per heavy atom. The molecule has 152 valence electrons. The molecular formula is C23H27N3O3. The number of nitrogens with zero attached hydrogens (tertiary/aromatic N) is 2. The highest BCUT2D eigenvalue weighted by Crippen LogP contribution is 2.21. The van der Waals surface area contributed by atoms with Gasteiger partial charge in [0.15, 0.2) is 5.78 Å². The predicted octanol–water partition coefficient (Wildman–Crippen LogP) is 2.31. The SMILES string of the molecule is CC(=O)C(C(=O)N(CCN1CCOCC1)c1ccccc1)=C(N)c1ccccc1. The molecule has 1 aliphatic heterocycles. The van der Waals surface area contributed by atoms with Crippen molar-refractivity contribution < 1.29 is 14.3 Å². The van der Waals surface area contributed by atoms with Gasteiger partial charge in [0.1, 0.15) is 5.57 Å². The molecule has 0 aromatic heterocycles. The first-order valence-electron chi connectivity index (χ1n) is 9.81. The van der Waals surface area contributed by atoms with Crippen LogP contribution in [0.2, 0.25) is 0 Å². The van der Waals surface area contributed by atoms with Gasteiger partial charge in [-0.3, -0.25) is 14.5 Å². The number of para-hydroxylation sites is 1. The number of morpholine rings is 1. The summed E-state index contributed by atoms with van der Waals surface area (Å²) in [5.41, 5.74) is 7.90. The van der Waals surface area contributed by atoms with Gasteiger partial charge in [0.2, 0.25) is 0 Å². The quantitative estimate of drug-likeness (QED) is 0.444. The molecule has 2 N–H and O–H groups in total. The largest absolute Gasteiger partial charge is 0.397 e. The van der Waals surface area contributed by atoms with Crippen LogP contribution < -0.4 is 10.6 Å². The van der Waals surface area contributed by atoms with E-state index < -0.39 is 0 Å². The number of benzene rings is 2. The topological polar surface area (TPSA) is 75.9 Å². The second-order valence-corrected chi connectivity index (χ2v) is 6.96. The minimum absolute atomic E-state index is 0.0158. The molecule has 0 atom stereocenters. The molecule has 0 spiro atoms. The zero-order chi connectivity index (χ0) is 20.6. The highest BCUT2D eigenvalue weighted by molar-refractivity contribution is 6.27. The van der Waals surface area contributed by atoms with Crippen LogP contribution in [-0.2, 0) is 14.3 Å². The molecule has 1 amide bonds. The lowest BCUT2D eigenvalue weighted by Crippen LogP contribution is -2.44. The summed E-state index contributed by atoms with van der Waals surface area (Å²) < 4.78 is 5.40. The summed E-state index contributed by atoms with van der Waals surface area (Å²) in [5, 5.41) is 0. The first kappa shape index (κ1) is 20.8. The van der Waals surface area contributed by atoms with Gasteiger partial charge in [-0.1, -0.05) is 48.5 Å². The number of carbonyl (C=O) groups excluding carboxylic acids is 2. The standard InChI is InChI=1S/C23H27N3O3/c1-18(27)21(22(24)19-8-4-2-5-9-19)23(28)26(20-10-6-3-7-11-20)13-12-25-14-16-29-17-15-25/h2-11H,12-17,24H2,1H3. The average Bonchev–Trinajstić information content (AvgIpc) is 2.76. The molecule has 29 heavy (non-hydrogen) atoms. The smallest absolute Gasteiger partial charge is 0.264 e. The van der Waals surface area contributed by atoms with Gasteiger partial charge >= 0.3 is 0 Å². The number of anilines is 1. The van der Waals surface area contributed by atoms with E-state index in [2.05, 4.69) is 4.90 Å². The third-order valence-electron chi connectivity index (χ3n) is 4.98. The van der Waals surface area contributed by atoms with Crippen LogP contribution in [0.1, 0.15) is 12.5 Å². The molecule has 1 saturated heterocycles. The molecule has 0 unspecified atom stereocenters. The first-order valence-corrected chi connectivity index (χ1v) is 9.81. The fourth-order valence-corrected chi connectivity index (χ4v) is 3.37. The van der Waals surface area contributed by atoms with E-state index in [1.165, 1.54) is 6.92 Å². The number of amides is 1. The number of nitrogens with two attached hydrogens (primary N) is 1. The van der Waals surface area contributed by atoms with Crippen LogP contribution in [0.3, 0.4) is 0 Å². The number of hydrogen-bond acceptors (Lipinski definition) is 5. The van der Waals surface area contributed by atoms with Crippen molar-refractivity contribution in [1.82, 2.24) is 4.90 Å². The maximum absolute atomic E-state index is 13.5. The van der Waals surface area contributed by atoms with Gasteiger partial charge < -0.3 is 15.4 Å². The summed E-state index contributed by atoms with van der Waals surface area (Å²) in [4.78, 5) is 29.8. The molecule has 0 aliphatic carbocycles. The molecule has 6 nitrogen and oxygen atoms in total. The molecule has 1 fully saturated rings. The van der Waals surface area contributed by atoms with Gasteiger partial charge in [0.05, 0.1) is 18.9 Å². The van der Waals surface area contributed by atoms with E-state index in [9.17, 15) is 9.59 Å². The maximum Gasteiger partial charge on any atom is 0.264 e. The fourth-order valence-electron chi connectivity index (χ4n) is 3.37. The number of hydrogen-bond donors (Lipinski definition) is 1. The van der Waals surface area contributed by atoms with Crippen LogP contribution in [0.5, 0.6) is 0 Å². The summed E-state index contributed by atoms with van der Waals surface area (Å²) in [6.07, 6.45) is 0. The summed E-state index contributed by atoms with van der Waals surface area (Å²) in [7, 11) is 0. The third kappa shape index (κ3) is 5.31. The van der Waals surface area contributed by atoms with Crippen molar-refractivity contribution in [3.63, 3.8) is 0 Å². The third-order valence-corrected chi connectivity index (χ3v) is 4.98. The van der Waals surface area contributed by atoms with E-state index in [1.807, 2.05) is 48.5 Å². The lowest BCUT2D eigenvalue weighted by atomic mass is 10.0. The van der Waals surface area contributed by atoms with Gasteiger partial charge in [0, 0.05) is 31.9 Å². The average molecular weight is 393 g/mol. The number of ether oxygens (including phenoxy) is 1. The molecular weight excluding hydrogens is 366 g/mol. The minimum Gasteiger partial charge on any atom is -0.397 e. The number of rotatable bonds is 7. The van der Waals surface area contributed by atoms with Crippen LogP contribution in [-0.4, -0.2) is 56.0 Å². The molecule has 0 bridgehead atoms. The maximum atomic E-state index is 13.5. The van der Waals surface area contributed by atoms with Gasteiger partial charge in [-0.05, 0) is 24.6 Å². The Balaban J connectivity index is 1.92. The summed E-state index contributed by atoms with van der Waals surface area (Å²) in [6.45, 7) is 5.59. The molecule has 1 heterocycles. The Hall–Kier alpha value is -2.96. The normalized spacial score (nSPS) is 15.5. The van der Waals surface area contributed by atoms with Crippen molar-refractivity contribution in [3.8, 4) is 0 Å². The molecule has 6 heteroatoms. The Kier molecular flexibility index (Phi) is 7.16. The highest BCUT2D eigenvalue weighted by Gasteiger charge is 2.26. The van der Waals surface area contributed by atoms with Gasteiger partial charge in [-0.15, -0.1) is 0 Å². The van der Waals surface area contributed by atoms with Crippen LogP contribution >= 0.6 is 0 Å². The van der Waals surface area contributed by atoms with E-state index in [0.717, 1.165) is 18.8 Å². The fraction of sp³-hybridized carbons (Fsp3) is 0.304. The Morgan fingerprint density at radius 2 is 1.59 bits per heavy atom. The summed E-state index contributed by atoms with van der Waals surface area (Å²) in [6, 6.07) is 18.5. The van der Waals surface area contributed by atoms with E-state index in [-0.39, 0.29) is 23.0 Å². The summed E-state index contributed by atoms with van der Waals surface area (Å²) in [5.74, 6) is -0.720. The van der Waals surface area contributed by atoms with E-state index in [0.29, 0.717) is 31.9 Å².